The summed E-state index contributed by atoms with van der Waals surface area (Å²) in [6.45, 7) is 4.53. The van der Waals surface area contributed by atoms with Crippen LogP contribution in [0.15, 0.2) is 18.2 Å². The minimum atomic E-state index is -0.448. The lowest BCUT2D eigenvalue weighted by atomic mass is 10.1. The number of amides is 1. The maximum atomic E-state index is 13.2. The molecule has 0 aliphatic rings. The Morgan fingerprint density at radius 1 is 1.53 bits per heavy atom. The van der Waals surface area contributed by atoms with Gasteiger partial charge < -0.3 is 10.6 Å². The molecule has 0 heterocycles. The van der Waals surface area contributed by atoms with E-state index in [1.165, 1.54) is 12.1 Å². The molecule has 3 nitrogen and oxygen atoms in total. The van der Waals surface area contributed by atoms with Crippen molar-refractivity contribution >= 4 is 17.5 Å². The van der Waals surface area contributed by atoms with Crippen molar-refractivity contribution in [1.29, 1.82) is 0 Å². The molecule has 1 unspecified atom stereocenters. The number of benzene rings is 1. The smallest absolute Gasteiger partial charge is 0.233 e. The van der Waals surface area contributed by atoms with Crippen LogP contribution >= 0.6 is 11.6 Å². The molecule has 1 aromatic rings. The fourth-order valence-corrected chi connectivity index (χ4v) is 1.52. The summed E-state index contributed by atoms with van der Waals surface area (Å²) in [5.74, 6) is -0.524. The molecule has 2 N–H and O–H groups in total. The highest BCUT2D eigenvalue weighted by Gasteiger charge is 2.09. The number of nitrogens with one attached hydrogen (secondary N) is 2. The maximum absolute atomic E-state index is 13.2. The van der Waals surface area contributed by atoms with Gasteiger partial charge in [-0.1, -0.05) is 17.7 Å². The van der Waals surface area contributed by atoms with Crippen LogP contribution in [0.1, 0.15) is 25.5 Å². The van der Waals surface area contributed by atoms with Crippen molar-refractivity contribution in [3.63, 3.8) is 0 Å². The van der Waals surface area contributed by atoms with Crippen LogP contribution in [-0.2, 0) is 4.79 Å². The minimum absolute atomic E-state index is 0.0752. The van der Waals surface area contributed by atoms with Crippen LogP contribution < -0.4 is 10.6 Å². The van der Waals surface area contributed by atoms with Crippen molar-refractivity contribution in [3.8, 4) is 0 Å². The zero-order valence-electron chi connectivity index (χ0n) is 9.89. The summed E-state index contributed by atoms with van der Waals surface area (Å²) in [6, 6.07) is 4.51. The van der Waals surface area contributed by atoms with Crippen LogP contribution in [-0.4, -0.2) is 19.0 Å². The fourth-order valence-electron chi connectivity index (χ4n) is 1.41. The average molecular weight is 259 g/mol. The second kappa shape index (κ2) is 6.57. The Kier molecular flexibility index (Phi) is 5.38. The van der Waals surface area contributed by atoms with Gasteiger partial charge in [-0.05, 0) is 31.5 Å². The molecule has 0 fully saturated rings. The second-order valence-corrected chi connectivity index (χ2v) is 4.14. The highest BCUT2D eigenvalue weighted by atomic mass is 35.5. The first-order valence-corrected chi connectivity index (χ1v) is 5.87. The van der Waals surface area contributed by atoms with Crippen LogP contribution in [0, 0.1) is 5.82 Å². The van der Waals surface area contributed by atoms with Crippen molar-refractivity contribution in [2.45, 2.75) is 19.9 Å². The van der Waals surface area contributed by atoms with Gasteiger partial charge in [-0.15, -0.1) is 0 Å². The minimum Gasteiger partial charge on any atom is -0.355 e. The topological polar surface area (TPSA) is 41.1 Å². The highest BCUT2D eigenvalue weighted by Crippen LogP contribution is 2.19. The maximum Gasteiger partial charge on any atom is 0.233 e. The normalized spacial score (nSPS) is 12.2. The average Bonchev–Trinajstić information content (AvgIpc) is 2.30. The Morgan fingerprint density at radius 2 is 2.24 bits per heavy atom. The highest BCUT2D eigenvalue weighted by molar-refractivity contribution is 6.30. The molecule has 94 valence electrons. The van der Waals surface area contributed by atoms with Crippen LogP contribution in [0.5, 0.6) is 0 Å². The molecule has 0 saturated heterocycles. The van der Waals surface area contributed by atoms with E-state index in [4.69, 9.17) is 11.6 Å². The number of carbonyl (C=O) groups is 1. The van der Waals surface area contributed by atoms with Crippen LogP contribution in [0.2, 0.25) is 5.02 Å². The van der Waals surface area contributed by atoms with Crippen molar-refractivity contribution in [2.75, 3.05) is 13.1 Å². The zero-order chi connectivity index (χ0) is 12.8. The summed E-state index contributed by atoms with van der Waals surface area (Å²) >= 11 is 5.59. The third-order valence-corrected chi connectivity index (χ3v) is 2.69. The zero-order valence-corrected chi connectivity index (χ0v) is 10.6. The van der Waals surface area contributed by atoms with E-state index in [0.717, 1.165) is 5.56 Å². The predicted molar refractivity (Wildman–Crippen MR) is 66.5 cm³/mol. The third kappa shape index (κ3) is 4.32. The van der Waals surface area contributed by atoms with Gasteiger partial charge in [0.2, 0.25) is 5.91 Å². The van der Waals surface area contributed by atoms with Gasteiger partial charge in [0.15, 0.2) is 0 Å². The lowest BCUT2D eigenvalue weighted by Crippen LogP contribution is -2.34. The number of hydrogen-bond donors (Lipinski definition) is 2. The van der Waals surface area contributed by atoms with Gasteiger partial charge in [-0.25, -0.2) is 4.39 Å². The molecular formula is C12H16ClFN2O. The molecule has 1 atom stereocenters. The summed E-state index contributed by atoms with van der Waals surface area (Å²) in [6.07, 6.45) is 0. The molecule has 0 radical (unpaired) electrons. The van der Waals surface area contributed by atoms with E-state index in [2.05, 4.69) is 10.6 Å². The molecule has 1 amide bonds. The molecule has 0 aromatic heterocycles. The van der Waals surface area contributed by atoms with Gasteiger partial charge in [0, 0.05) is 12.6 Å². The van der Waals surface area contributed by atoms with Crippen LogP contribution in [0.3, 0.4) is 0 Å². The van der Waals surface area contributed by atoms with Crippen LogP contribution in [0.4, 0.5) is 4.39 Å². The fraction of sp³-hybridized carbons (Fsp3) is 0.417. The Hall–Kier alpha value is -1.13. The summed E-state index contributed by atoms with van der Waals surface area (Å²) in [5.41, 5.74) is 0.760. The molecular weight excluding hydrogens is 243 g/mol. The van der Waals surface area contributed by atoms with Gasteiger partial charge in [0.05, 0.1) is 11.6 Å². The number of hydrogen-bond acceptors (Lipinski definition) is 2. The molecule has 0 spiro atoms. The van der Waals surface area contributed by atoms with Crippen LogP contribution in [0.25, 0.3) is 0 Å². The van der Waals surface area contributed by atoms with Gasteiger partial charge in [-0.2, -0.15) is 0 Å². The van der Waals surface area contributed by atoms with Gasteiger partial charge >= 0.3 is 0 Å². The summed E-state index contributed by atoms with van der Waals surface area (Å²) in [7, 11) is 0. The molecule has 5 heteroatoms. The van der Waals surface area contributed by atoms with E-state index >= 15 is 0 Å². The molecule has 0 bridgehead atoms. The van der Waals surface area contributed by atoms with E-state index in [1.807, 2.05) is 13.8 Å². The Balaban J connectivity index is 2.54. The SMILES string of the molecule is CCNC(=O)CNC(C)c1ccc(Cl)c(F)c1. The van der Waals surface area contributed by atoms with Crippen molar-refractivity contribution in [3.05, 3.63) is 34.6 Å². The van der Waals surface area contributed by atoms with Crippen molar-refractivity contribution in [2.24, 2.45) is 0 Å². The van der Waals surface area contributed by atoms with Gasteiger partial charge in [0.25, 0.3) is 0 Å². The number of likely N-dealkylation sites (N-methyl/N-ethyl adjacent to an activating group) is 1. The first-order chi connectivity index (χ1) is 8.04. The Bertz CT molecular complexity index is 398. The quantitative estimate of drug-likeness (QED) is 0.851. The van der Waals surface area contributed by atoms with Gasteiger partial charge in [-0.3, -0.25) is 4.79 Å². The largest absolute Gasteiger partial charge is 0.355 e. The van der Waals surface area contributed by atoms with Crippen molar-refractivity contribution in [1.82, 2.24) is 10.6 Å². The van der Waals surface area contributed by atoms with E-state index in [9.17, 15) is 9.18 Å². The Labute approximate surface area is 105 Å². The van der Waals surface area contributed by atoms with E-state index in [0.29, 0.717) is 6.54 Å². The Morgan fingerprint density at radius 3 is 2.82 bits per heavy atom. The summed E-state index contributed by atoms with van der Waals surface area (Å²) in [4.78, 5) is 11.2. The van der Waals surface area contributed by atoms with E-state index in [-0.39, 0.29) is 23.5 Å². The molecule has 0 aliphatic carbocycles. The van der Waals surface area contributed by atoms with E-state index in [1.54, 1.807) is 6.07 Å². The molecule has 0 saturated carbocycles. The molecule has 1 aromatic carbocycles. The van der Waals surface area contributed by atoms with E-state index < -0.39 is 5.82 Å². The first kappa shape index (κ1) is 13.9. The lowest BCUT2D eigenvalue weighted by Gasteiger charge is -2.14. The first-order valence-electron chi connectivity index (χ1n) is 5.49. The standard InChI is InChI=1S/C12H16ClFN2O/c1-3-15-12(17)7-16-8(2)9-4-5-10(13)11(14)6-9/h4-6,8,16H,3,7H2,1-2H3,(H,15,17). The molecule has 1 rings (SSSR count). The second-order valence-electron chi connectivity index (χ2n) is 3.73. The molecule has 17 heavy (non-hydrogen) atoms. The summed E-state index contributed by atoms with van der Waals surface area (Å²) in [5, 5.41) is 5.79. The monoisotopic (exact) mass is 258 g/mol. The van der Waals surface area contributed by atoms with Gasteiger partial charge in [0.1, 0.15) is 5.82 Å². The van der Waals surface area contributed by atoms with Crippen molar-refractivity contribution < 1.29 is 9.18 Å². The lowest BCUT2D eigenvalue weighted by molar-refractivity contribution is -0.120. The number of halogens is 2. The summed E-state index contributed by atoms with van der Waals surface area (Å²) < 4.78 is 13.2. The third-order valence-electron chi connectivity index (χ3n) is 2.39. The predicted octanol–water partition coefficient (Wildman–Crippen LogP) is 2.27. The molecule has 0 aliphatic heterocycles. The number of carbonyl (C=O) groups excluding carboxylic acids is 1. The number of rotatable bonds is 5.